The maximum absolute atomic E-state index is 11.2. The van der Waals surface area contributed by atoms with Crippen LogP contribution in [0.4, 0.5) is 0 Å². The summed E-state index contributed by atoms with van der Waals surface area (Å²) in [5, 5.41) is 0. The summed E-state index contributed by atoms with van der Waals surface area (Å²) in [5.41, 5.74) is 0.728. The molecule has 2 aromatic rings. The molecule has 0 aliphatic rings. The Labute approximate surface area is 122 Å². The smallest absolute Gasteiger partial charge is 0.261 e. The van der Waals surface area contributed by atoms with Gasteiger partial charge in [0.1, 0.15) is 11.6 Å². The van der Waals surface area contributed by atoms with Crippen LogP contribution in [0.15, 0.2) is 35.5 Å². The molecule has 0 aliphatic carbocycles. The molecule has 1 aromatic carbocycles. The lowest BCUT2D eigenvalue weighted by molar-refractivity contribution is 0.315. The van der Waals surface area contributed by atoms with Gasteiger partial charge in [0.2, 0.25) is 0 Å². The number of hydrogen-bond acceptors (Lipinski definition) is 4. The van der Waals surface area contributed by atoms with Gasteiger partial charge in [0.05, 0.1) is 11.5 Å². The van der Waals surface area contributed by atoms with Crippen LogP contribution >= 0.6 is 10.7 Å². The molecule has 0 unspecified atom stereocenters. The molecule has 2 rings (SSSR count). The van der Waals surface area contributed by atoms with Gasteiger partial charge in [-0.25, -0.2) is 13.4 Å². The Morgan fingerprint density at radius 1 is 1.40 bits per heavy atom. The van der Waals surface area contributed by atoms with Crippen LogP contribution < -0.4 is 4.74 Å². The van der Waals surface area contributed by atoms with Crippen molar-refractivity contribution in [3.63, 3.8) is 0 Å². The number of nitrogens with zero attached hydrogens (tertiary/aromatic N) is 2. The van der Waals surface area contributed by atoms with Crippen LogP contribution in [0.25, 0.3) is 0 Å². The zero-order valence-electron chi connectivity index (χ0n) is 11.2. The molecule has 0 spiro atoms. The van der Waals surface area contributed by atoms with E-state index in [1.807, 2.05) is 17.8 Å². The number of hydrogen-bond donors (Lipinski definition) is 0. The minimum absolute atomic E-state index is 0.0770. The summed E-state index contributed by atoms with van der Waals surface area (Å²) in [6.07, 6.45) is 4.29. The SMILES string of the molecule is Cc1cc(S(=O)(=O)Cl)ccc1OCCc1nccn1C. The number of aromatic nitrogens is 2. The summed E-state index contributed by atoms with van der Waals surface area (Å²) in [7, 11) is 3.52. The third kappa shape index (κ3) is 3.52. The Balaban J connectivity index is 2.02. The van der Waals surface area contributed by atoms with Crippen LogP contribution in [0.1, 0.15) is 11.4 Å². The fourth-order valence-corrected chi connectivity index (χ4v) is 2.66. The molecule has 0 aliphatic heterocycles. The van der Waals surface area contributed by atoms with Crippen molar-refractivity contribution in [2.24, 2.45) is 7.05 Å². The van der Waals surface area contributed by atoms with E-state index in [0.717, 1.165) is 11.4 Å². The Bertz CT molecular complexity index is 710. The molecule has 0 saturated heterocycles. The van der Waals surface area contributed by atoms with E-state index < -0.39 is 9.05 Å². The van der Waals surface area contributed by atoms with E-state index in [9.17, 15) is 8.42 Å². The van der Waals surface area contributed by atoms with Crippen LogP contribution in [0, 0.1) is 6.92 Å². The molecule has 0 amide bonds. The predicted octanol–water partition coefficient (Wildman–Crippen LogP) is 2.28. The highest BCUT2D eigenvalue weighted by molar-refractivity contribution is 8.13. The lowest BCUT2D eigenvalue weighted by Crippen LogP contribution is -2.07. The summed E-state index contributed by atoms with van der Waals surface area (Å²) in [4.78, 5) is 4.28. The molecular formula is C13H15ClN2O3S. The minimum Gasteiger partial charge on any atom is -0.493 e. The van der Waals surface area contributed by atoms with Gasteiger partial charge in [-0.1, -0.05) is 0 Å². The highest BCUT2D eigenvalue weighted by Gasteiger charge is 2.12. The topological polar surface area (TPSA) is 61.2 Å². The highest BCUT2D eigenvalue weighted by atomic mass is 35.7. The second-order valence-electron chi connectivity index (χ2n) is 4.42. The Hall–Kier alpha value is -1.53. The molecule has 7 heteroatoms. The Morgan fingerprint density at radius 2 is 2.15 bits per heavy atom. The first kappa shape index (κ1) is 14.9. The molecule has 0 saturated carbocycles. The third-order valence-electron chi connectivity index (χ3n) is 2.93. The molecule has 0 radical (unpaired) electrons. The van der Waals surface area contributed by atoms with Crippen molar-refractivity contribution in [3.05, 3.63) is 42.0 Å². The monoisotopic (exact) mass is 314 g/mol. The number of aryl methyl sites for hydroxylation is 2. The van der Waals surface area contributed by atoms with Crippen molar-refractivity contribution in [2.45, 2.75) is 18.2 Å². The molecule has 20 heavy (non-hydrogen) atoms. The molecular weight excluding hydrogens is 300 g/mol. The lowest BCUT2D eigenvalue weighted by Gasteiger charge is -2.10. The van der Waals surface area contributed by atoms with Gasteiger partial charge in [-0.3, -0.25) is 0 Å². The van der Waals surface area contributed by atoms with E-state index in [0.29, 0.717) is 18.8 Å². The average Bonchev–Trinajstić information content (AvgIpc) is 2.76. The number of halogens is 1. The predicted molar refractivity (Wildman–Crippen MR) is 76.6 cm³/mol. The van der Waals surface area contributed by atoms with Crippen LogP contribution in [0.2, 0.25) is 0 Å². The molecule has 1 aromatic heterocycles. The van der Waals surface area contributed by atoms with Gasteiger partial charge < -0.3 is 9.30 Å². The normalized spacial score (nSPS) is 11.6. The van der Waals surface area contributed by atoms with Gasteiger partial charge in [0.25, 0.3) is 9.05 Å². The first-order chi connectivity index (χ1) is 9.38. The first-order valence-electron chi connectivity index (χ1n) is 6.02. The van der Waals surface area contributed by atoms with Gasteiger partial charge in [0, 0.05) is 36.5 Å². The summed E-state index contributed by atoms with van der Waals surface area (Å²) in [5.74, 6) is 1.57. The number of imidazole rings is 1. The van der Waals surface area contributed by atoms with E-state index >= 15 is 0 Å². The molecule has 0 N–H and O–H groups in total. The summed E-state index contributed by atoms with van der Waals surface area (Å²) in [6, 6.07) is 4.55. The quantitative estimate of drug-likeness (QED) is 0.794. The molecule has 5 nitrogen and oxygen atoms in total. The van der Waals surface area contributed by atoms with Gasteiger partial charge >= 0.3 is 0 Å². The maximum Gasteiger partial charge on any atom is 0.261 e. The van der Waals surface area contributed by atoms with Gasteiger partial charge in [-0.15, -0.1) is 0 Å². The van der Waals surface area contributed by atoms with E-state index in [4.69, 9.17) is 15.4 Å². The van der Waals surface area contributed by atoms with E-state index in [1.165, 1.54) is 12.1 Å². The number of rotatable bonds is 5. The van der Waals surface area contributed by atoms with Crippen LogP contribution in [0.3, 0.4) is 0 Å². The third-order valence-corrected chi connectivity index (χ3v) is 4.28. The summed E-state index contributed by atoms with van der Waals surface area (Å²) < 4.78 is 30.0. The van der Waals surface area contributed by atoms with E-state index in [1.54, 1.807) is 19.2 Å². The number of ether oxygens (including phenoxy) is 1. The first-order valence-corrected chi connectivity index (χ1v) is 8.33. The summed E-state index contributed by atoms with van der Waals surface area (Å²) in [6.45, 7) is 2.25. The van der Waals surface area contributed by atoms with Gasteiger partial charge in [-0.05, 0) is 30.7 Å². The average molecular weight is 315 g/mol. The molecule has 0 fully saturated rings. The van der Waals surface area contributed by atoms with Crippen molar-refractivity contribution in [1.29, 1.82) is 0 Å². The largest absolute Gasteiger partial charge is 0.493 e. The van der Waals surface area contributed by atoms with Crippen LogP contribution in [-0.4, -0.2) is 24.6 Å². The molecule has 0 atom stereocenters. The second-order valence-corrected chi connectivity index (χ2v) is 6.98. The number of benzene rings is 1. The second kappa shape index (κ2) is 5.85. The van der Waals surface area contributed by atoms with E-state index in [2.05, 4.69) is 4.98 Å². The maximum atomic E-state index is 11.2. The van der Waals surface area contributed by atoms with Gasteiger partial charge in [0.15, 0.2) is 0 Å². The zero-order valence-corrected chi connectivity index (χ0v) is 12.8. The highest BCUT2D eigenvalue weighted by Crippen LogP contribution is 2.23. The van der Waals surface area contributed by atoms with Crippen molar-refractivity contribution in [3.8, 4) is 5.75 Å². The van der Waals surface area contributed by atoms with Crippen molar-refractivity contribution in [2.75, 3.05) is 6.61 Å². The Kier molecular flexibility index (Phi) is 4.35. The van der Waals surface area contributed by atoms with E-state index in [-0.39, 0.29) is 4.90 Å². The minimum atomic E-state index is -3.70. The molecule has 108 valence electrons. The summed E-state index contributed by atoms with van der Waals surface area (Å²) >= 11 is 0. The fraction of sp³-hybridized carbons (Fsp3) is 0.308. The standard InChI is InChI=1S/C13H15ClN2O3S/c1-10-9-11(20(14,17)18)3-4-12(10)19-8-5-13-15-6-7-16(13)2/h3-4,6-7,9H,5,8H2,1-2H3. The fourth-order valence-electron chi connectivity index (χ4n) is 1.83. The van der Waals surface area contributed by atoms with Crippen LogP contribution in [-0.2, 0) is 22.5 Å². The van der Waals surface area contributed by atoms with Crippen molar-refractivity contribution < 1.29 is 13.2 Å². The van der Waals surface area contributed by atoms with Crippen molar-refractivity contribution in [1.82, 2.24) is 9.55 Å². The molecule has 1 heterocycles. The van der Waals surface area contributed by atoms with Gasteiger partial charge in [-0.2, -0.15) is 0 Å². The lowest BCUT2D eigenvalue weighted by atomic mass is 10.2. The Morgan fingerprint density at radius 3 is 2.70 bits per heavy atom. The van der Waals surface area contributed by atoms with Crippen LogP contribution in [0.5, 0.6) is 5.75 Å². The van der Waals surface area contributed by atoms with Crippen molar-refractivity contribution >= 4 is 19.7 Å². The molecule has 0 bridgehead atoms. The zero-order chi connectivity index (χ0) is 14.8.